The molecule has 0 spiro atoms. The molecule has 0 aliphatic heterocycles. The van der Waals surface area contributed by atoms with Crippen molar-refractivity contribution in [2.75, 3.05) is 11.9 Å². The van der Waals surface area contributed by atoms with Gasteiger partial charge in [0.15, 0.2) is 0 Å². The molecule has 1 nitrogen and oxygen atoms in total. The van der Waals surface area contributed by atoms with Crippen LogP contribution in [0.2, 0.25) is 0 Å². The van der Waals surface area contributed by atoms with E-state index in [1.165, 1.54) is 6.07 Å². The standard InChI is InChI=1S/C14H18F3N/c1-5-13(3,6-2)18(4)12-9-7-8-11(10-12)14(15,16)17/h5,7-10H,1,6H2,2-4H3. The Kier molecular flexibility index (Phi) is 4.09. The van der Waals surface area contributed by atoms with Gasteiger partial charge in [-0.25, -0.2) is 0 Å². The maximum Gasteiger partial charge on any atom is 0.416 e. The van der Waals surface area contributed by atoms with Crippen molar-refractivity contribution < 1.29 is 13.2 Å². The molecule has 0 amide bonds. The van der Waals surface area contributed by atoms with Gasteiger partial charge in [0, 0.05) is 12.7 Å². The quantitative estimate of drug-likeness (QED) is 0.718. The Morgan fingerprint density at radius 2 is 1.94 bits per heavy atom. The number of halogens is 3. The zero-order chi connectivity index (χ0) is 14.0. The minimum atomic E-state index is -4.31. The zero-order valence-electron chi connectivity index (χ0n) is 10.9. The fourth-order valence-corrected chi connectivity index (χ4v) is 1.70. The Morgan fingerprint density at radius 3 is 2.39 bits per heavy atom. The summed E-state index contributed by atoms with van der Waals surface area (Å²) >= 11 is 0. The minimum absolute atomic E-state index is 0.357. The second-order valence-electron chi connectivity index (χ2n) is 4.52. The van der Waals surface area contributed by atoms with E-state index in [1.807, 2.05) is 18.7 Å². The van der Waals surface area contributed by atoms with Crippen LogP contribution in [0, 0.1) is 0 Å². The van der Waals surface area contributed by atoms with E-state index in [0.29, 0.717) is 5.69 Å². The van der Waals surface area contributed by atoms with E-state index in [2.05, 4.69) is 6.58 Å². The van der Waals surface area contributed by atoms with E-state index in [4.69, 9.17) is 0 Å². The lowest BCUT2D eigenvalue weighted by atomic mass is 9.96. The summed E-state index contributed by atoms with van der Waals surface area (Å²) in [7, 11) is 1.78. The van der Waals surface area contributed by atoms with Crippen LogP contribution in [0.15, 0.2) is 36.9 Å². The second kappa shape index (κ2) is 5.04. The third-order valence-electron chi connectivity index (χ3n) is 3.48. The van der Waals surface area contributed by atoms with Crippen LogP contribution < -0.4 is 4.90 Å². The number of likely N-dealkylation sites (N-methyl/N-ethyl adjacent to an activating group) is 1. The summed E-state index contributed by atoms with van der Waals surface area (Å²) in [5.74, 6) is 0. The highest BCUT2D eigenvalue weighted by Crippen LogP contribution is 2.33. The molecule has 0 aliphatic rings. The van der Waals surface area contributed by atoms with Crippen LogP contribution >= 0.6 is 0 Å². The van der Waals surface area contributed by atoms with Gasteiger partial charge in [-0.3, -0.25) is 0 Å². The molecule has 100 valence electrons. The SMILES string of the molecule is C=CC(C)(CC)N(C)c1cccc(C(F)(F)F)c1. The van der Waals surface area contributed by atoms with Crippen LogP contribution in [0.5, 0.6) is 0 Å². The molecule has 4 heteroatoms. The lowest BCUT2D eigenvalue weighted by molar-refractivity contribution is -0.137. The molecule has 0 saturated carbocycles. The van der Waals surface area contributed by atoms with Crippen LogP contribution in [0.4, 0.5) is 18.9 Å². The van der Waals surface area contributed by atoms with Gasteiger partial charge in [0.05, 0.1) is 11.1 Å². The summed E-state index contributed by atoms with van der Waals surface area (Å²) in [5.41, 5.74) is -0.451. The Labute approximate surface area is 106 Å². The van der Waals surface area contributed by atoms with Crippen molar-refractivity contribution in [2.45, 2.75) is 32.0 Å². The molecule has 0 N–H and O–H groups in total. The van der Waals surface area contributed by atoms with E-state index >= 15 is 0 Å². The molecule has 0 aliphatic carbocycles. The Hall–Kier alpha value is -1.45. The molecular formula is C14H18F3N. The number of benzene rings is 1. The van der Waals surface area contributed by atoms with Crippen molar-refractivity contribution in [1.29, 1.82) is 0 Å². The molecule has 0 saturated heterocycles. The topological polar surface area (TPSA) is 3.24 Å². The third kappa shape index (κ3) is 2.86. The van der Waals surface area contributed by atoms with Crippen LogP contribution in [-0.2, 0) is 6.18 Å². The average Bonchev–Trinajstić information content (AvgIpc) is 2.36. The van der Waals surface area contributed by atoms with Crippen molar-refractivity contribution in [1.82, 2.24) is 0 Å². The molecule has 1 aromatic carbocycles. The molecule has 0 radical (unpaired) electrons. The lowest BCUT2D eigenvalue weighted by Gasteiger charge is -2.37. The maximum absolute atomic E-state index is 12.7. The molecule has 18 heavy (non-hydrogen) atoms. The lowest BCUT2D eigenvalue weighted by Crippen LogP contribution is -2.41. The molecule has 1 atom stereocenters. The zero-order valence-corrected chi connectivity index (χ0v) is 10.9. The summed E-state index contributed by atoms with van der Waals surface area (Å²) in [6.45, 7) is 7.68. The van der Waals surface area contributed by atoms with Crippen LogP contribution in [0.1, 0.15) is 25.8 Å². The van der Waals surface area contributed by atoms with Crippen molar-refractivity contribution >= 4 is 5.69 Å². The van der Waals surface area contributed by atoms with E-state index in [0.717, 1.165) is 18.6 Å². The summed E-state index contributed by atoms with van der Waals surface area (Å²) in [6.07, 6.45) is -1.79. The first-order chi connectivity index (χ1) is 8.24. The number of anilines is 1. The maximum atomic E-state index is 12.7. The molecule has 0 aromatic heterocycles. The first-order valence-corrected chi connectivity index (χ1v) is 5.79. The van der Waals surface area contributed by atoms with E-state index in [9.17, 15) is 13.2 Å². The Morgan fingerprint density at radius 1 is 1.33 bits per heavy atom. The minimum Gasteiger partial charge on any atom is -0.366 e. The highest BCUT2D eigenvalue weighted by atomic mass is 19.4. The van der Waals surface area contributed by atoms with E-state index in [1.54, 1.807) is 19.2 Å². The highest BCUT2D eigenvalue weighted by molar-refractivity contribution is 5.51. The number of hydrogen-bond acceptors (Lipinski definition) is 1. The summed E-state index contributed by atoms with van der Waals surface area (Å²) in [6, 6.07) is 5.34. The normalized spacial score (nSPS) is 15.0. The first kappa shape index (κ1) is 14.6. The molecular weight excluding hydrogens is 239 g/mol. The number of rotatable bonds is 4. The molecule has 1 unspecified atom stereocenters. The first-order valence-electron chi connectivity index (χ1n) is 5.79. The molecule has 1 rings (SSSR count). The molecule has 0 heterocycles. The van der Waals surface area contributed by atoms with Crippen molar-refractivity contribution in [3.05, 3.63) is 42.5 Å². The monoisotopic (exact) mass is 257 g/mol. The predicted octanol–water partition coefficient (Wildman–Crippen LogP) is 4.50. The Balaban J connectivity index is 3.15. The van der Waals surface area contributed by atoms with Gasteiger partial charge in [0.2, 0.25) is 0 Å². The van der Waals surface area contributed by atoms with Gasteiger partial charge in [-0.15, -0.1) is 6.58 Å². The van der Waals surface area contributed by atoms with Gasteiger partial charge in [-0.05, 0) is 31.5 Å². The largest absolute Gasteiger partial charge is 0.416 e. The van der Waals surface area contributed by atoms with Gasteiger partial charge in [0.1, 0.15) is 0 Å². The average molecular weight is 257 g/mol. The number of alkyl halides is 3. The molecule has 0 fully saturated rings. The van der Waals surface area contributed by atoms with Crippen LogP contribution in [-0.4, -0.2) is 12.6 Å². The van der Waals surface area contributed by atoms with Gasteiger partial charge >= 0.3 is 6.18 Å². The van der Waals surface area contributed by atoms with Crippen LogP contribution in [0.3, 0.4) is 0 Å². The van der Waals surface area contributed by atoms with Crippen molar-refractivity contribution in [3.63, 3.8) is 0 Å². The smallest absolute Gasteiger partial charge is 0.366 e. The van der Waals surface area contributed by atoms with Gasteiger partial charge in [0.25, 0.3) is 0 Å². The number of nitrogens with zero attached hydrogens (tertiary/aromatic N) is 1. The second-order valence-corrected chi connectivity index (χ2v) is 4.52. The molecule has 1 aromatic rings. The summed E-state index contributed by atoms with van der Waals surface area (Å²) < 4.78 is 38.0. The van der Waals surface area contributed by atoms with Crippen LogP contribution in [0.25, 0.3) is 0 Å². The van der Waals surface area contributed by atoms with Gasteiger partial charge in [-0.2, -0.15) is 13.2 Å². The van der Waals surface area contributed by atoms with Gasteiger partial charge in [-0.1, -0.05) is 19.1 Å². The third-order valence-corrected chi connectivity index (χ3v) is 3.48. The van der Waals surface area contributed by atoms with E-state index in [-0.39, 0.29) is 5.54 Å². The van der Waals surface area contributed by atoms with Crippen molar-refractivity contribution in [3.8, 4) is 0 Å². The van der Waals surface area contributed by atoms with Gasteiger partial charge < -0.3 is 4.90 Å². The van der Waals surface area contributed by atoms with E-state index < -0.39 is 11.7 Å². The summed E-state index contributed by atoms with van der Waals surface area (Å²) in [4.78, 5) is 1.81. The predicted molar refractivity (Wildman–Crippen MR) is 68.7 cm³/mol. The number of hydrogen-bond donors (Lipinski definition) is 0. The fraction of sp³-hybridized carbons (Fsp3) is 0.429. The Bertz CT molecular complexity index is 425. The molecule has 0 bridgehead atoms. The fourth-order valence-electron chi connectivity index (χ4n) is 1.70. The summed E-state index contributed by atoms with van der Waals surface area (Å²) in [5, 5.41) is 0. The highest BCUT2D eigenvalue weighted by Gasteiger charge is 2.31. The van der Waals surface area contributed by atoms with Crippen molar-refractivity contribution in [2.24, 2.45) is 0 Å².